The second-order valence-electron chi connectivity index (χ2n) is 2.46. The molecule has 0 aromatic rings. The van der Waals surface area contributed by atoms with Crippen molar-refractivity contribution < 1.29 is 18.7 Å². The quantitative estimate of drug-likeness (QED) is 0.632. The maximum absolute atomic E-state index is 10.6. The third-order valence-corrected chi connectivity index (χ3v) is 1.43. The van der Waals surface area contributed by atoms with Crippen LogP contribution in [-0.2, 0) is 4.79 Å². The molecule has 0 spiro atoms. The highest BCUT2D eigenvalue weighted by Gasteiger charge is 2.11. The predicted octanol–water partition coefficient (Wildman–Crippen LogP) is 0.456. The molecule has 74 valence electrons. The van der Waals surface area contributed by atoms with Crippen molar-refractivity contribution >= 4 is 5.97 Å². The van der Waals surface area contributed by atoms with E-state index in [-0.39, 0.29) is 0 Å². The molecule has 1 heterocycles. The first-order valence-corrected chi connectivity index (χ1v) is 3.69. The molecular weight excluding hydrogens is 182 g/mol. The first kappa shape index (κ1) is 11.8. The lowest BCUT2D eigenvalue weighted by Gasteiger charge is -1.87. The van der Waals surface area contributed by atoms with Crippen LogP contribution < -0.4 is 5.32 Å². The van der Waals surface area contributed by atoms with Gasteiger partial charge in [0.2, 0.25) is 0 Å². The van der Waals surface area contributed by atoms with E-state index < -0.39 is 12.4 Å². The van der Waals surface area contributed by atoms with Gasteiger partial charge < -0.3 is 10.4 Å². The van der Waals surface area contributed by atoms with Crippen LogP contribution in [0.15, 0.2) is 0 Å². The summed E-state index contributed by atoms with van der Waals surface area (Å²) in [7, 11) is 0. The van der Waals surface area contributed by atoms with Crippen LogP contribution in [0.5, 0.6) is 0 Å². The minimum absolute atomic E-state index is 0.292. The van der Waals surface area contributed by atoms with Gasteiger partial charge >= 0.3 is 12.4 Å². The highest BCUT2D eigenvalue weighted by molar-refractivity contribution is 5.70. The van der Waals surface area contributed by atoms with Crippen LogP contribution >= 0.6 is 0 Å². The van der Waals surface area contributed by atoms with Crippen molar-refractivity contribution in [1.29, 1.82) is 5.26 Å². The second-order valence-corrected chi connectivity index (χ2v) is 2.46. The van der Waals surface area contributed by atoms with Crippen LogP contribution in [0.25, 0.3) is 0 Å². The van der Waals surface area contributed by atoms with E-state index in [1.165, 1.54) is 0 Å². The fourth-order valence-electron chi connectivity index (χ4n) is 0.765. The molecule has 0 aliphatic carbocycles. The van der Waals surface area contributed by atoms with Crippen LogP contribution in [0.1, 0.15) is 6.42 Å². The van der Waals surface area contributed by atoms with Gasteiger partial charge in [0.1, 0.15) is 0 Å². The Labute approximate surface area is 74.2 Å². The minimum atomic E-state index is -3.23. The maximum atomic E-state index is 10.6. The maximum Gasteiger partial charge on any atom is 0.371 e. The summed E-state index contributed by atoms with van der Waals surface area (Å²) in [5.74, 6) is -1.78. The van der Waals surface area contributed by atoms with Gasteiger partial charge in [0.05, 0.1) is 12.0 Å². The molecule has 1 aliphatic rings. The van der Waals surface area contributed by atoms with Crippen LogP contribution in [0.3, 0.4) is 0 Å². The Morgan fingerprint density at radius 2 is 2.23 bits per heavy atom. The standard InChI is InChI=1S/C5H8N2.C2H2F2O2/c6-3-5-1-2-7-4-5;3-1(4)2(5)6/h5,7H,1-2,4H2;1H,(H,5,6)/t5-;/m1./s1. The molecule has 1 rings (SSSR count). The zero-order valence-corrected chi connectivity index (χ0v) is 6.83. The van der Waals surface area contributed by atoms with Crippen molar-refractivity contribution in [3.8, 4) is 6.07 Å². The Hall–Kier alpha value is -1.22. The molecule has 1 saturated heterocycles. The largest absolute Gasteiger partial charge is 0.477 e. The number of halogens is 2. The first-order valence-electron chi connectivity index (χ1n) is 3.69. The monoisotopic (exact) mass is 192 g/mol. The molecule has 0 bridgehead atoms. The number of rotatable bonds is 1. The zero-order valence-electron chi connectivity index (χ0n) is 6.83. The first-order chi connectivity index (χ1) is 6.07. The van der Waals surface area contributed by atoms with E-state index in [1.807, 2.05) is 0 Å². The SMILES string of the molecule is N#C[C@H]1CCNC1.O=C(O)C(F)F. The molecule has 0 aromatic heterocycles. The summed E-state index contributed by atoms with van der Waals surface area (Å²) in [6.07, 6.45) is -2.19. The molecule has 4 nitrogen and oxygen atoms in total. The van der Waals surface area contributed by atoms with E-state index in [0.29, 0.717) is 5.92 Å². The Balaban J connectivity index is 0.000000226. The molecule has 0 aromatic carbocycles. The molecule has 2 N–H and O–H groups in total. The topological polar surface area (TPSA) is 73.1 Å². The number of carboxylic acid groups (broad SMARTS) is 1. The summed E-state index contributed by atoms with van der Waals surface area (Å²) in [5.41, 5.74) is 0. The minimum Gasteiger partial charge on any atom is -0.477 e. The van der Waals surface area contributed by atoms with E-state index in [2.05, 4.69) is 11.4 Å². The summed E-state index contributed by atoms with van der Waals surface area (Å²) < 4.78 is 21.1. The normalized spacial score (nSPS) is 20.3. The van der Waals surface area contributed by atoms with E-state index in [9.17, 15) is 8.78 Å². The number of alkyl halides is 2. The lowest BCUT2D eigenvalue weighted by atomic mass is 10.2. The molecule has 0 unspecified atom stereocenters. The molecule has 6 heteroatoms. The third kappa shape index (κ3) is 5.99. The fraction of sp³-hybridized carbons (Fsp3) is 0.714. The highest BCUT2D eigenvalue weighted by Crippen LogP contribution is 2.03. The van der Waals surface area contributed by atoms with Crippen molar-refractivity contribution in [2.24, 2.45) is 5.92 Å². The number of nitriles is 1. The molecule has 1 fully saturated rings. The van der Waals surface area contributed by atoms with Crippen LogP contribution in [0.4, 0.5) is 8.78 Å². The summed E-state index contributed by atoms with van der Waals surface area (Å²) in [6, 6.07) is 2.20. The summed E-state index contributed by atoms with van der Waals surface area (Å²) >= 11 is 0. The van der Waals surface area contributed by atoms with Crippen molar-refractivity contribution in [2.45, 2.75) is 12.8 Å². The van der Waals surface area contributed by atoms with E-state index in [0.717, 1.165) is 19.5 Å². The second kappa shape index (κ2) is 6.31. The Kier molecular flexibility index (Phi) is 5.72. The Morgan fingerprint density at radius 1 is 1.69 bits per heavy atom. The average Bonchev–Trinajstić information content (AvgIpc) is 2.56. The van der Waals surface area contributed by atoms with Crippen molar-refractivity contribution in [3.05, 3.63) is 0 Å². The molecule has 1 aliphatic heterocycles. The molecule has 0 amide bonds. The Morgan fingerprint density at radius 3 is 2.38 bits per heavy atom. The van der Waals surface area contributed by atoms with Crippen LogP contribution in [-0.4, -0.2) is 30.6 Å². The number of carbonyl (C=O) groups is 1. The average molecular weight is 192 g/mol. The zero-order chi connectivity index (χ0) is 10.3. The fourth-order valence-corrected chi connectivity index (χ4v) is 0.765. The predicted molar refractivity (Wildman–Crippen MR) is 40.2 cm³/mol. The molecule has 0 saturated carbocycles. The van der Waals surface area contributed by atoms with Gasteiger partial charge in [-0.3, -0.25) is 0 Å². The van der Waals surface area contributed by atoms with Gasteiger partial charge in [-0.1, -0.05) is 0 Å². The summed E-state index contributed by atoms with van der Waals surface area (Å²) in [4.78, 5) is 8.95. The van der Waals surface area contributed by atoms with Gasteiger partial charge in [0, 0.05) is 6.54 Å². The lowest BCUT2D eigenvalue weighted by molar-refractivity contribution is -0.149. The van der Waals surface area contributed by atoms with Crippen molar-refractivity contribution in [3.63, 3.8) is 0 Å². The molecule has 1 atom stereocenters. The molecule has 13 heavy (non-hydrogen) atoms. The number of carboxylic acids is 1. The van der Waals surface area contributed by atoms with Gasteiger partial charge in [-0.25, -0.2) is 4.79 Å². The summed E-state index contributed by atoms with van der Waals surface area (Å²) in [6.45, 7) is 1.93. The smallest absolute Gasteiger partial charge is 0.371 e. The van der Waals surface area contributed by atoms with Gasteiger partial charge in [-0.05, 0) is 13.0 Å². The van der Waals surface area contributed by atoms with Gasteiger partial charge in [0.25, 0.3) is 0 Å². The summed E-state index contributed by atoms with van der Waals surface area (Å²) in [5, 5.41) is 18.6. The number of nitrogens with one attached hydrogen (secondary N) is 1. The number of hydrogen-bond donors (Lipinski definition) is 2. The van der Waals surface area contributed by atoms with Crippen molar-refractivity contribution in [2.75, 3.05) is 13.1 Å². The highest BCUT2D eigenvalue weighted by atomic mass is 19.3. The number of nitrogens with zero attached hydrogens (tertiary/aromatic N) is 1. The van der Waals surface area contributed by atoms with Crippen LogP contribution in [0.2, 0.25) is 0 Å². The third-order valence-electron chi connectivity index (χ3n) is 1.43. The molecular formula is C7H10F2N2O2. The van der Waals surface area contributed by atoms with Gasteiger partial charge in [0.15, 0.2) is 0 Å². The molecule has 0 radical (unpaired) electrons. The lowest BCUT2D eigenvalue weighted by Crippen LogP contribution is -2.07. The van der Waals surface area contributed by atoms with Crippen LogP contribution in [0, 0.1) is 17.2 Å². The van der Waals surface area contributed by atoms with E-state index in [4.69, 9.17) is 15.2 Å². The van der Waals surface area contributed by atoms with E-state index >= 15 is 0 Å². The van der Waals surface area contributed by atoms with E-state index in [1.54, 1.807) is 0 Å². The van der Waals surface area contributed by atoms with Crippen molar-refractivity contribution in [1.82, 2.24) is 5.32 Å². The van der Waals surface area contributed by atoms with Gasteiger partial charge in [-0.2, -0.15) is 14.0 Å². The number of aliphatic carboxylic acids is 1. The Bertz CT molecular complexity index is 197. The van der Waals surface area contributed by atoms with Gasteiger partial charge in [-0.15, -0.1) is 0 Å². The number of hydrogen-bond acceptors (Lipinski definition) is 3.